The van der Waals surface area contributed by atoms with E-state index in [0.717, 1.165) is 48.5 Å². The second-order valence-electron chi connectivity index (χ2n) is 9.54. The molecule has 2 heterocycles. The maximum atomic E-state index is 5.57. The van der Waals surface area contributed by atoms with Crippen molar-refractivity contribution in [3.8, 4) is 12.2 Å². The number of hydrogen-bond acceptors (Lipinski definition) is 8. The average Bonchev–Trinajstić information content (AvgIpc) is 3.62. The summed E-state index contributed by atoms with van der Waals surface area (Å²) in [6, 6.07) is 19.9. The molecule has 8 nitrogen and oxygen atoms in total. The van der Waals surface area contributed by atoms with Crippen LogP contribution in [0.4, 0.5) is 0 Å². The first-order chi connectivity index (χ1) is 18.8. The van der Waals surface area contributed by atoms with E-state index in [1.54, 1.807) is 0 Å². The fraction of sp³-hybridized carbons (Fsp3) is 0.467. The summed E-state index contributed by atoms with van der Waals surface area (Å²) in [6.45, 7) is 0.875. The number of ether oxygens (including phenoxy) is 2. The van der Waals surface area contributed by atoms with Gasteiger partial charge in [-0.15, -0.1) is 0 Å². The van der Waals surface area contributed by atoms with Gasteiger partial charge < -0.3 is 9.47 Å². The molecule has 0 bridgehead atoms. The van der Waals surface area contributed by atoms with Gasteiger partial charge in [0.15, 0.2) is 11.6 Å². The summed E-state index contributed by atoms with van der Waals surface area (Å²) in [5.74, 6) is 1.45. The molecule has 4 aromatic rings. The number of benzene rings is 2. The Kier molecular flexibility index (Phi) is 11.7. The molecule has 202 valence electrons. The van der Waals surface area contributed by atoms with E-state index in [1.165, 1.54) is 51.4 Å². The highest BCUT2D eigenvalue weighted by atomic mass is 16.6. The molecule has 2 aromatic carbocycles. The zero-order valence-electron chi connectivity index (χ0n) is 22.1. The van der Waals surface area contributed by atoms with Crippen molar-refractivity contribution in [1.82, 2.24) is 20.3 Å². The Hall–Kier alpha value is -3.68. The first-order valence-corrected chi connectivity index (χ1v) is 13.8. The van der Waals surface area contributed by atoms with Crippen molar-refractivity contribution in [2.24, 2.45) is 0 Å². The van der Waals surface area contributed by atoms with Gasteiger partial charge in [-0.05, 0) is 24.0 Å². The summed E-state index contributed by atoms with van der Waals surface area (Å²) in [6.07, 6.45) is 14.4. The molecule has 0 spiro atoms. The molecule has 0 amide bonds. The van der Waals surface area contributed by atoms with Gasteiger partial charge in [0.25, 0.3) is 0 Å². The summed E-state index contributed by atoms with van der Waals surface area (Å²) in [4.78, 5) is 8.66. The molecule has 2 aromatic heterocycles. The Morgan fingerprint density at radius 3 is 1.24 bits per heavy atom. The lowest BCUT2D eigenvalue weighted by atomic mass is 10.1. The highest BCUT2D eigenvalue weighted by Gasteiger charge is 2.08. The van der Waals surface area contributed by atoms with Gasteiger partial charge in [-0.25, -0.2) is 0 Å². The van der Waals surface area contributed by atoms with Crippen molar-refractivity contribution in [1.29, 1.82) is 0 Å². The van der Waals surface area contributed by atoms with Gasteiger partial charge in [-0.3, -0.25) is 9.05 Å². The molecule has 0 radical (unpaired) electrons. The maximum absolute atomic E-state index is 5.57. The first-order valence-electron chi connectivity index (χ1n) is 13.8. The van der Waals surface area contributed by atoms with Crippen LogP contribution < -0.4 is 9.47 Å². The van der Waals surface area contributed by atoms with Gasteiger partial charge in [0.05, 0.1) is 0 Å². The highest BCUT2D eigenvalue weighted by molar-refractivity contribution is 5.14. The van der Waals surface area contributed by atoms with Crippen molar-refractivity contribution in [2.45, 2.75) is 90.3 Å². The average molecular weight is 519 g/mol. The summed E-state index contributed by atoms with van der Waals surface area (Å²) in [5, 5.41) is 8.04. The van der Waals surface area contributed by atoms with E-state index in [9.17, 15) is 0 Å². The lowest BCUT2D eigenvalue weighted by Gasteiger charge is -2.02. The number of rotatable bonds is 19. The number of hydrogen-bond donors (Lipinski definition) is 0. The van der Waals surface area contributed by atoms with Crippen LogP contribution in [0.3, 0.4) is 0 Å². The molecule has 4 rings (SSSR count). The Bertz CT molecular complexity index is 1060. The van der Waals surface area contributed by atoms with Crippen LogP contribution in [0.2, 0.25) is 0 Å². The van der Waals surface area contributed by atoms with Crippen molar-refractivity contribution in [2.75, 3.05) is 0 Å². The third-order valence-electron chi connectivity index (χ3n) is 6.36. The number of aromatic nitrogens is 4. The molecule has 0 fully saturated rings. The molecule has 0 atom stereocenters. The van der Waals surface area contributed by atoms with Gasteiger partial charge in [-0.1, -0.05) is 122 Å². The Balaban J connectivity index is 0.933. The van der Waals surface area contributed by atoms with Crippen LogP contribution in [0.1, 0.15) is 87.0 Å². The molecule has 0 unspecified atom stereocenters. The minimum absolute atomic E-state index is 0.249. The van der Waals surface area contributed by atoms with Crippen LogP contribution >= 0.6 is 0 Å². The number of nitrogens with zero attached hydrogens (tertiary/aromatic N) is 4. The summed E-state index contributed by atoms with van der Waals surface area (Å²) < 4.78 is 21.5. The zero-order chi connectivity index (χ0) is 26.1. The Labute approximate surface area is 224 Å². The molecule has 0 aliphatic rings. The lowest BCUT2D eigenvalue weighted by Crippen LogP contribution is -1.95. The molecule has 0 saturated heterocycles. The fourth-order valence-electron chi connectivity index (χ4n) is 4.22. The molecule has 0 saturated carbocycles. The minimum atomic E-state index is 0.249. The topological polar surface area (TPSA) is 96.3 Å². The van der Waals surface area contributed by atoms with Crippen molar-refractivity contribution >= 4 is 0 Å². The third kappa shape index (κ3) is 10.4. The van der Waals surface area contributed by atoms with E-state index in [2.05, 4.69) is 20.3 Å². The monoisotopic (exact) mass is 518 g/mol. The molecular weight excluding hydrogens is 480 g/mol. The summed E-state index contributed by atoms with van der Waals surface area (Å²) >= 11 is 0. The minimum Gasteiger partial charge on any atom is -0.444 e. The predicted octanol–water partition coefficient (Wildman–Crippen LogP) is 7.30. The Morgan fingerprint density at radius 1 is 0.474 bits per heavy atom. The van der Waals surface area contributed by atoms with E-state index < -0.39 is 0 Å². The van der Waals surface area contributed by atoms with E-state index in [4.69, 9.17) is 18.5 Å². The van der Waals surface area contributed by atoms with Crippen molar-refractivity contribution in [3.05, 3.63) is 83.4 Å². The second-order valence-corrected chi connectivity index (χ2v) is 9.54. The number of aryl methyl sites for hydroxylation is 2. The summed E-state index contributed by atoms with van der Waals surface area (Å²) in [5.41, 5.74) is 2.16. The van der Waals surface area contributed by atoms with Crippen LogP contribution in [0.25, 0.3) is 0 Å². The van der Waals surface area contributed by atoms with Crippen LogP contribution in [0.15, 0.2) is 69.7 Å². The van der Waals surface area contributed by atoms with E-state index in [0.29, 0.717) is 13.2 Å². The van der Waals surface area contributed by atoms with Gasteiger partial charge >= 0.3 is 12.2 Å². The molecule has 0 N–H and O–H groups in total. The zero-order valence-corrected chi connectivity index (χ0v) is 22.1. The SMILES string of the molecule is c1ccc(COc2nc(CCCCCCCCCCCCc3noc(OCc4ccccc4)n3)no2)cc1. The van der Waals surface area contributed by atoms with Crippen LogP contribution in [-0.2, 0) is 26.1 Å². The second kappa shape index (κ2) is 16.2. The molecule has 0 aliphatic carbocycles. The smallest absolute Gasteiger partial charge is 0.417 e. The molecular formula is C30H38N4O4. The van der Waals surface area contributed by atoms with Crippen LogP contribution in [0, 0.1) is 0 Å². The van der Waals surface area contributed by atoms with E-state index in [-0.39, 0.29) is 12.2 Å². The quantitative estimate of drug-likeness (QED) is 0.119. The molecule has 0 aliphatic heterocycles. The van der Waals surface area contributed by atoms with E-state index in [1.807, 2.05) is 60.7 Å². The third-order valence-corrected chi connectivity index (χ3v) is 6.36. The van der Waals surface area contributed by atoms with Gasteiger partial charge in [0, 0.05) is 12.8 Å². The van der Waals surface area contributed by atoms with Crippen LogP contribution in [0.5, 0.6) is 12.2 Å². The molecule has 8 heteroatoms. The summed E-state index contributed by atoms with van der Waals surface area (Å²) in [7, 11) is 0. The maximum Gasteiger partial charge on any atom is 0.417 e. The van der Waals surface area contributed by atoms with Gasteiger partial charge in [-0.2, -0.15) is 9.97 Å². The Morgan fingerprint density at radius 2 is 0.842 bits per heavy atom. The largest absolute Gasteiger partial charge is 0.444 e. The van der Waals surface area contributed by atoms with Crippen molar-refractivity contribution < 1.29 is 18.5 Å². The standard InChI is InChI=1S/C30H38N4O4/c1(3-5-7-15-21-27-31-29(37-33-27)35-23-25-17-11-9-12-18-25)2-4-6-8-16-22-28-32-30(38-34-28)36-24-26-19-13-10-14-20-26/h9-14,17-20H,1-8,15-16,21-24H2. The van der Waals surface area contributed by atoms with Crippen LogP contribution in [-0.4, -0.2) is 20.3 Å². The first kappa shape index (κ1) is 27.4. The van der Waals surface area contributed by atoms with E-state index >= 15 is 0 Å². The fourth-order valence-corrected chi connectivity index (χ4v) is 4.22. The highest BCUT2D eigenvalue weighted by Crippen LogP contribution is 2.15. The van der Waals surface area contributed by atoms with Crippen molar-refractivity contribution in [3.63, 3.8) is 0 Å². The van der Waals surface area contributed by atoms with Gasteiger partial charge in [0.1, 0.15) is 13.2 Å². The number of unbranched alkanes of at least 4 members (excludes halogenated alkanes) is 9. The molecule has 38 heavy (non-hydrogen) atoms. The van der Waals surface area contributed by atoms with Gasteiger partial charge in [0.2, 0.25) is 0 Å². The lowest BCUT2D eigenvalue weighted by molar-refractivity contribution is 0.194. The predicted molar refractivity (Wildman–Crippen MR) is 144 cm³/mol. The normalized spacial score (nSPS) is 11.1.